The average Bonchev–Trinajstić information content (AvgIpc) is 2.65. The van der Waals surface area contributed by atoms with Crippen molar-refractivity contribution in [2.75, 3.05) is 19.0 Å². The summed E-state index contributed by atoms with van der Waals surface area (Å²) in [5.41, 5.74) is 0.0865. The number of benzene rings is 2. The molecule has 0 spiro atoms. The summed E-state index contributed by atoms with van der Waals surface area (Å²) in [5, 5.41) is 10.6. The number of hydrogen-bond donors (Lipinski definition) is 1. The normalized spacial score (nSPS) is 10.4. The molecule has 0 aliphatic rings. The number of amides is 1. The third kappa shape index (κ3) is 4.54. The molecule has 26 heavy (non-hydrogen) atoms. The summed E-state index contributed by atoms with van der Waals surface area (Å²) in [5.74, 6) is -4.51. The number of rotatable bonds is 6. The molecule has 134 valence electrons. The smallest absolute Gasteiger partial charge is 0.248 e. The number of ether oxygens (including phenoxy) is 2. The van der Waals surface area contributed by atoms with E-state index < -0.39 is 29.0 Å². The topological polar surface area (TPSA) is 71.3 Å². The van der Waals surface area contributed by atoms with Crippen LogP contribution in [0.5, 0.6) is 11.5 Å². The fourth-order valence-corrected chi connectivity index (χ4v) is 1.99. The van der Waals surface area contributed by atoms with E-state index in [1.807, 2.05) is 6.07 Å². The number of nitrogens with zero attached hydrogens (tertiary/aromatic N) is 1. The third-order valence-electron chi connectivity index (χ3n) is 3.20. The Kier molecular flexibility index (Phi) is 6.22. The summed E-state index contributed by atoms with van der Waals surface area (Å²) in [4.78, 5) is 11.8. The van der Waals surface area contributed by atoms with Crippen molar-refractivity contribution >= 4 is 17.7 Å². The zero-order valence-electron chi connectivity index (χ0n) is 13.6. The van der Waals surface area contributed by atoms with E-state index >= 15 is 0 Å². The highest BCUT2D eigenvalue weighted by Crippen LogP contribution is 2.28. The molecule has 0 saturated heterocycles. The van der Waals surface area contributed by atoms with Gasteiger partial charge in [0.25, 0.3) is 0 Å². The minimum atomic E-state index is -1.66. The third-order valence-corrected chi connectivity index (χ3v) is 3.20. The van der Waals surface area contributed by atoms with E-state index in [0.29, 0.717) is 23.1 Å². The van der Waals surface area contributed by atoms with Crippen LogP contribution < -0.4 is 14.8 Å². The number of carbonyl (C=O) groups excluding carboxylic acids is 1. The van der Waals surface area contributed by atoms with Gasteiger partial charge < -0.3 is 14.8 Å². The van der Waals surface area contributed by atoms with Crippen LogP contribution in [0.3, 0.4) is 0 Å². The van der Waals surface area contributed by atoms with Gasteiger partial charge in [0.1, 0.15) is 6.07 Å². The zero-order valence-corrected chi connectivity index (χ0v) is 13.6. The molecule has 0 heterocycles. The first-order valence-corrected chi connectivity index (χ1v) is 7.26. The molecule has 5 nitrogen and oxygen atoms in total. The van der Waals surface area contributed by atoms with Crippen molar-refractivity contribution in [2.24, 2.45) is 0 Å². The van der Waals surface area contributed by atoms with Gasteiger partial charge in [-0.25, -0.2) is 13.2 Å². The Bertz CT molecular complexity index is 892. The van der Waals surface area contributed by atoms with Crippen LogP contribution in [0.4, 0.5) is 18.9 Å². The Labute approximate surface area is 147 Å². The van der Waals surface area contributed by atoms with Crippen LogP contribution >= 0.6 is 0 Å². The lowest BCUT2D eigenvalue weighted by atomic mass is 10.2. The molecule has 2 rings (SSSR count). The van der Waals surface area contributed by atoms with Crippen LogP contribution in [-0.4, -0.2) is 19.6 Å². The summed E-state index contributed by atoms with van der Waals surface area (Å²) in [6.07, 6.45) is 2.50. The monoisotopic (exact) mass is 362 g/mol. The van der Waals surface area contributed by atoms with Crippen LogP contribution in [0.2, 0.25) is 0 Å². The van der Waals surface area contributed by atoms with Gasteiger partial charge in [0.2, 0.25) is 5.91 Å². The van der Waals surface area contributed by atoms with Crippen LogP contribution in [0.15, 0.2) is 36.4 Å². The molecule has 0 atom stereocenters. The molecule has 0 saturated carbocycles. The van der Waals surface area contributed by atoms with Gasteiger partial charge in [-0.1, -0.05) is 6.07 Å². The molecule has 0 bridgehead atoms. The van der Waals surface area contributed by atoms with Gasteiger partial charge in [0, 0.05) is 6.08 Å². The Balaban J connectivity index is 2.11. The largest absolute Gasteiger partial charge is 0.493 e. The Morgan fingerprint density at radius 2 is 1.96 bits per heavy atom. The van der Waals surface area contributed by atoms with Crippen molar-refractivity contribution in [2.45, 2.75) is 0 Å². The summed E-state index contributed by atoms with van der Waals surface area (Å²) >= 11 is 0. The highest BCUT2D eigenvalue weighted by atomic mass is 19.2. The second-order valence-corrected chi connectivity index (χ2v) is 4.90. The van der Waals surface area contributed by atoms with E-state index in [1.54, 1.807) is 18.2 Å². The summed E-state index contributed by atoms with van der Waals surface area (Å²) in [6, 6.07) is 8.19. The van der Waals surface area contributed by atoms with Gasteiger partial charge in [-0.05, 0) is 35.9 Å². The first-order valence-electron chi connectivity index (χ1n) is 7.26. The number of hydrogen-bond acceptors (Lipinski definition) is 4. The van der Waals surface area contributed by atoms with Gasteiger partial charge >= 0.3 is 0 Å². The molecule has 0 fully saturated rings. The van der Waals surface area contributed by atoms with Crippen molar-refractivity contribution in [1.29, 1.82) is 5.26 Å². The van der Waals surface area contributed by atoms with E-state index in [9.17, 15) is 18.0 Å². The second-order valence-electron chi connectivity index (χ2n) is 4.90. The minimum Gasteiger partial charge on any atom is -0.493 e. The molecule has 0 aliphatic carbocycles. The fourth-order valence-electron chi connectivity index (χ4n) is 1.99. The van der Waals surface area contributed by atoms with E-state index in [1.165, 1.54) is 13.2 Å². The first-order chi connectivity index (χ1) is 12.5. The molecule has 0 unspecified atom stereocenters. The highest BCUT2D eigenvalue weighted by molar-refractivity contribution is 6.02. The minimum absolute atomic E-state index is 0.145. The number of nitriles is 1. The fraction of sp³-hybridized carbons (Fsp3) is 0.111. The Morgan fingerprint density at radius 1 is 1.19 bits per heavy atom. The van der Waals surface area contributed by atoms with E-state index in [-0.39, 0.29) is 6.61 Å². The van der Waals surface area contributed by atoms with Gasteiger partial charge in [-0.3, -0.25) is 4.79 Å². The van der Waals surface area contributed by atoms with Crippen molar-refractivity contribution in [3.8, 4) is 17.6 Å². The lowest BCUT2D eigenvalue weighted by Crippen LogP contribution is -2.10. The highest BCUT2D eigenvalue weighted by Gasteiger charge is 2.14. The van der Waals surface area contributed by atoms with Crippen LogP contribution in [0.1, 0.15) is 5.56 Å². The molecular formula is C18H13F3N2O3. The molecule has 1 amide bonds. The zero-order chi connectivity index (χ0) is 19.1. The molecule has 8 heteroatoms. The number of nitrogens with one attached hydrogen (secondary N) is 1. The number of halogens is 3. The van der Waals surface area contributed by atoms with Gasteiger partial charge in [0.15, 0.2) is 35.6 Å². The van der Waals surface area contributed by atoms with Crippen molar-refractivity contribution in [3.63, 3.8) is 0 Å². The molecule has 1 N–H and O–H groups in total. The van der Waals surface area contributed by atoms with Crippen molar-refractivity contribution in [3.05, 3.63) is 59.4 Å². The van der Waals surface area contributed by atoms with Crippen LogP contribution in [-0.2, 0) is 4.79 Å². The summed E-state index contributed by atoms with van der Waals surface area (Å²) < 4.78 is 49.8. The van der Waals surface area contributed by atoms with Crippen molar-refractivity contribution < 1.29 is 27.4 Å². The maximum absolute atomic E-state index is 13.5. The van der Waals surface area contributed by atoms with Gasteiger partial charge in [-0.2, -0.15) is 5.26 Å². The van der Waals surface area contributed by atoms with E-state index in [0.717, 1.165) is 12.1 Å². The Morgan fingerprint density at radius 3 is 2.65 bits per heavy atom. The Hall–Kier alpha value is -3.47. The maximum Gasteiger partial charge on any atom is 0.248 e. The number of anilines is 1. The molecule has 2 aromatic rings. The average molecular weight is 362 g/mol. The predicted octanol–water partition coefficient (Wildman–Crippen LogP) is 3.67. The standard InChI is InChI=1S/C18H13F3N2O3/c1-25-15-10-11(2-6-14(15)26-9-8-22)3-7-16(24)23-13-5-4-12(19)17(20)18(13)21/h2-7,10H,9H2,1H3,(H,23,24)/b7-3+. The second kappa shape index (κ2) is 8.58. The van der Waals surface area contributed by atoms with Gasteiger partial charge in [-0.15, -0.1) is 0 Å². The summed E-state index contributed by atoms with van der Waals surface area (Å²) in [7, 11) is 1.42. The van der Waals surface area contributed by atoms with Gasteiger partial charge in [0.05, 0.1) is 12.8 Å². The molecular weight excluding hydrogens is 349 g/mol. The van der Waals surface area contributed by atoms with Crippen LogP contribution in [0, 0.1) is 28.8 Å². The molecule has 0 aromatic heterocycles. The SMILES string of the molecule is COc1cc(/C=C/C(=O)Nc2ccc(F)c(F)c2F)ccc1OCC#N. The molecule has 2 aromatic carbocycles. The predicted molar refractivity (Wildman–Crippen MR) is 88.1 cm³/mol. The quantitative estimate of drug-likeness (QED) is 0.629. The first kappa shape index (κ1) is 18.9. The van der Waals surface area contributed by atoms with Crippen LogP contribution in [0.25, 0.3) is 6.08 Å². The van der Waals surface area contributed by atoms with Crippen molar-refractivity contribution in [1.82, 2.24) is 0 Å². The lowest BCUT2D eigenvalue weighted by molar-refractivity contribution is -0.111. The maximum atomic E-state index is 13.5. The summed E-state index contributed by atoms with van der Waals surface area (Å²) in [6.45, 7) is -0.145. The number of methoxy groups -OCH3 is 1. The molecule has 0 radical (unpaired) electrons. The molecule has 0 aliphatic heterocycles. The number of carbonyl (C=O) groups is 1. The van der Waals surface area contributed by atoms with E-state index in [4.69, 9.17) is 14.7 Å². The van der Waals surface area contributed by atoms with E-state index in [2.05, 4.69) is 5.32 Å². The lowest BCUT2D eigenvalue weighted by Gasteiger charge is -2.09.